The van der Waals surface area contributed by atoms with Crippen molar-refractivity contribution in [2.75, 3.05) is 14.2 Å². The summed E-state index contributed by atoms with van der Waals surface area (Å²) in [5, 5.41) is 0. The molecule has 0 aliphatic heterocycles. The summed E-state index contributed by atoms with van der Waals surface area (Å²) in [6.45, 7) is 1.88. The first-order valence-corrected chi connectivity index (χ1v) is 8.89. The molecule has 2 aromatic carbocycles. The molecule has 0 atom stereocenters. The van der Waals surface area contributed by atoms with E-state index in [2.05, 4.69) is 0 Å². The Morgan fingerprint density at radius 2 is 1.58 bits per heavy atom. The summed E-state index contributed by atoms with van der Waals surface area (Å²) in [6, 6.07) is 10.3. The van der Waals surface area contributed by atoms with Gasteiger partial charge in [-0.1, -0.05) is 35.9 Å². The van der Waals surface area contributed by atoms with Gasteiger partial charge in [0.25, 0.3) is 0 Å². The Hall–Kier alpha value is -1.62. The summed E-state index contributed by atoms with van der Waals surface area (Å²) in [4.78, 5) is 0. The van der Waals surface area contributed by atoms with Gasteiger partial charge in [-0.05, 0) is 35.7 Å². The van der Waals surface area contributed by atoms with Crippen LogP contribution in [0.3, 0.4) is 0 Å². The van der Waals surface area contributed by atoms with Gasteiger partial charge in [-0.25, -0.2) is 0 Å². The molecule has 0 aliphatic rings. The molecule has 0 saturated carbocycles. The number of hydrogen-bond acceptors (Lipinski definition) is 3. The highest BCUT2D eigenvalue weighted by atomic mass is 31.2. The molecule has 0 spiro atoms. The summed E-state index contributed by atoms with van der Waals surface area (Å²) < 4.78 is 60.4. The van der Waals surface area contributed by atoms with Gasteiger partial charge in [-0.15, -0.1) is 0 Å². The van der Waals surface area contributed by atoms with Crippen molar-refractivity contribution in [2.24, 2.45) is 0 Å². The Morgan fingerprint density at radius 1 is 1.00 bits per heavy atom. The molecule has 2 rings (SSSR count). The maximum absolute atomic E-state index is 12.7. The molecule has 0 unspecified atom stereocenters. The molecular weight excluding hydrogens is 340 g/mol. The van der Waals surface area contributed by atoms with Crippen LogP contribution in [0.25, 0.3) is 11.1 Å². The predicted molar refractivity (Wildman–Crippen MR) is 86.9 cm³/mol. The molecular formula is C17H18F3O3P. The summed E-state index contributed by atoms with van der Waals surface area (Å²) in [5.41, 5.74) is 2.24. The van der Waals surface area contributed by atoms with Gasteiger partial charge in [-0.2, -0.15) is 13.2 Å². The van der Waals surface area contributed by atoms with Crippen LogP contribution in [0.1, 0.15) is 16.7 Å². The topological polar surface area (TPSA) is 35.5 Å². The Morgan fingerprint density at radius 3 is 2.08 bits per heavy atom. The van der Waals surface area contributed by atoms with Gasteiger partial charge in [-0.3, -0.25) is 4.57 Å². The molecule has 0 saturated heterocycles. The van der Waals surface area contributed by atoms with E-state index in [0.29, 0.717) is 16.7 Å². The van der Waals surface area contributed by atoms with Gasteiger partial charge in [0.05, 0.1) is 11.7 Å². The molecule has 130 valence electrons. The van der Waals surface area contributed by atoms with Crippen molar-refractivity contribution in [2.45, 2.75) is 19.3 Å². The quantitative estimate of drug-likeness (QED) is 0.647. The van der Waals surface area contributed by atoms with Crippen LogP contribution in [0.15, 0.2) is 42.5 Å². The molecule has 2 aromatic rings. The Labute approximate surface area is 138 Å². The molecule has 0 amide bonds. The zero-order chi connectivity index (χ0) is 18.0. The van der Waals surface area contributed by atoms with Gasteiger partial charge in [0.2, 0.25) is 0 Å². The van der Waals surface area contributed by atoms with Crippen LogP contribution in [-0.4, -0.2) is 14.2 Å². The summed E-state index contributed by atoms with van der Waals surface area (Å²) in [7, 11) is -0.679. The van der Waals surface area contributed by atoms with E-state index in [9.17, 15) is 17.7 Å². The van der Waals surface area contributed by atoms with Crippen molar-refractivity contribution < 1.29 is 26.8 Å². The number of hydrogen-bond donors (Lipinski definition) is 0. The molecule has 0 bridgehead atoms. The second-order valence-corrected chi connectivity index (χ2v) is 7.64. The van der Waals surface area contributed by atoms with Crippen molar-refractivity contribution in [1.29, 1.82) is 0 Å². The number of alkyl halides is 3. The minimum Gasteiger partial charge on any atom is -0.312 e. The predicted octanol–water partition coefficient (Wildman–Crippen LogP) is 5.67. The number of aryl methyl sites for hydroxylation is 1. The lowest BCUT2D eigenvalue weighted by Crippen LogP contribution is -2.04. The van der Waals surface area contributed by atoms with Gasteiger partial charge in [0, 0.05) is 14.2 Å². The molecule has 0 aromatic heterocycles. The second kappa shape index (κ2) is 7.09. The van der Waals surface area contributed by atoms with Gasteiger partial charge >= 0.3 is 13.8 Å². The molecule has 7 heteroatoms. The highest BCUT2D eigenvalue weighted by molar-refractivity contribution is 7.52. The third-order valence-electron chi connectivity index (χ3n) is 3.70. The van der Waals surface area contributed by atoms with E-state index in [1.165, 1.54) is 26.4 Å². The Balaban J connectivity index is 2.45. The van der Waals surface area contributed by atoms with Crippen molar-refractivity contribution in [3.8, 4) is 11.1 Å². The van der Waals surface area contributed by atoms with Crippen LogP contribution in [-0.2, 0) is 26.0 Å². The van der Waals surface area contributed by atoms with E-state index >= 15 is 0 Å². The van der Waals surface area contributed by atoms with Gasteiger partial charge < -0.3 is 9.05 Å². The van der Waals surface area contributed by atoms with E-state index in [0.717, 1.165) is 17.7 Å². The summed E-state index contributed by atoms with van der Waals surface area (Å²) in [5.74, 6) is 0. The van der Waals surface area contributed by atoms with E-state index in [1.54, 1.807) is 6.07 Å². The van der Waals surface area contributed by atoms with Crippen LogP contribution in [0.5, 0.6) is 0 Å². The largest absolute Gasteiger partial charge is 0.416 e. The van der Waals surface area contributed by atoms with E-state index in [4.69, 9.17) is 9.05 Å². The van der Waals surface area contributed by atoms with Crippen molar-refractivity contribution in [3.63, 3.8) is 0 Å². The standard InChI is InChI=1S/C17H18F3O3P/c1-12-4-9-16(14(10-12)11-24(21,22-2)23-3)13-5-7-15(8-6-13)17(18,19)20/h4-10H,11H2,1-3H3. The first kappa shape index (κ1) is 18.7. The number of benzene rings is 2. The van der Waals surface area contributed by atoms with Gasteiger partial charge in [0.1, 0.15) is 0 Å². The fourth-order valence-corrected chi connectivity index (χ4v) is 3.47. The summed E-state index contributed by atoms with van der Waals surface area (Å²) in [6.07, 6.45) is -4.34. The first-order valence-electron chi connectivity index (χ1n) is 7.16. The third-order valence-corrected chi connectivity index (χ3v) is 5.54. The van der Waals surface area contributed by atoms with E-state index in [-0.39, 0.29) is 6.16 Å². The van der Waals surface area contributed by atoms with Crippen LogP contribution in [0.2, 0.25) is 0 Å². The maximum Gasteiger partial charge on any atom is 0.416 e. The Kier molecular flexibility index (Phi) is 5.53. The average molecular weight is 358 g/mol. The molecule has 0 fully saturated rings. The normalized spacial score (nSPS) is 12.4. The molecule has 3 nitrogen and oxygen atoms in total. The lowest BCUT2D eigenvalue weighted by atomic mass is 9.98. The maximum atomic E-state index is 12.7. The van der Waals surface area contributed by atoms with Crippen LogP contribution >= 0.6 is 7.60 Å². The monoisotopic (exact) mass is 358 g/mol. The zero-order valence-electron chi connectivity index (χ0n) is 13.6. The van der Waals surface area contributed by atoms with Crippen LogP contribution in [0, 0.1) is 6.92 Å². The average Bonchev–Trinajstić information content (AvgIpc) is 2.54. The highest BCUT2D eigenvalue weighted by Gasteiger charge is 2.30. The third kappa shape index (κ3) is 4.26. The minimum absolute atomic E-state index is 0.0397. The zero-order valence-corrected chi connectivity index (χ0v) is 14.4. The smallest absolute Gasteiger partial charge is 0.312 e. The van der Waals surface area contributed by atoms with Crippen molar-refractivity contribution in [3.05, 3.63) is 59.2 Å². The molecule has 0 N–H and O–H groups in total. The van der Waals surface area contributed by atoms with Gasteiger partial charge in [0.15, 0.2) is 0 Å². The molecule has 24 heavy (non-hydrogen) atoms. The molecule has 0 heterocycles. The summed E-state index contributed by atoms with van der Waals surface area (Å²) >= 11 is 0. The van der Waals surface area contributed by atoms with E-state index in [1.807, 2.05) is 19.1 Å². The van der Waals surface area contributed by atoms with Crippen molar-refractivity contribution >= 4 is 7.60 Å². The minimum atomic E-state index is -4.38. The van der Waals surface area contributed by atoms with E-state index < -0.39 is 19.3 Å². The molecule has 0 radical (unpaired) electrons. The number of halogens is 3. The Bertz CT molecular complexity index is 747. The lowest BCUT2D eigenvalue weighted by Gasteiger charge is -2.17. The lowest BCUT2D eigenvalue weighted by molar-refractivity contribution is -0.137. The highest BCUT2D eigenvalue weighted by Crippen LogP contribution is 2.51. The first-order chi connectivity index (χ1) is 11.2. The fourth-order valence-electron chi connectivity index (χ4n) is 2.39. The van der Waals surface area contributed by atoms with Crippen LogP contribution in [0.4, 0.5) is 13.2 Å². The second-order valence-electron chi connectivity index (χ2n) is 5.37. The fraction of sp³-hybridized carbons (Fsp3) is 0.294. The van der Waals surface area contributed by atoms with Crippen LogP contribution < -0.4 is 0 Å². The van der Waals surface area contributed by atoms with Crippen molar-refractivity contribution in [1.82, 2.24) is 0 Å². The SMILES string of the molecule is COP(=O)(Cc1cc(C)ccc1-c1ccc(C(F)(F)F)cc1)OC. The molecule has 0 aliphatic carbocycles. The number of rotatable bonds is 5.